The lowest BCUT2D eigenvalue weighted by atomic mass is 10.1. The van der Waals surface area contributed by atoms with Crippen LogP contribution in [0.3, 0.4) is 0 Å². The maximum Gasteiger partial charge on any atom is 0.230 e. The molecule has 24 heavy (non-hydrogen) atoms. The first-order valence-corrected chi connectivity index (χ1v) is 8.29. The SMILES string of the molecule is Clc1ccc([C@H]2Cn3nnc(-c4noc(C5CC5)n4)c3CO2)cc1. The summed E-state index contributed by atoms with van der Waals surface area (Å²) in [5.74, 6) is 1.61. The molecular formula is C16H14ClN5O2. The molecule has 1 aromatic carbocycles. The zero-order valence-electron chi connectivity index (χ0n) is 12.7. The van der Waals surface area contributed by atoms with Crippen molar-refractivity contribution < 1.29 is 9.26 Å². The fourth-order valence-electron chi connectivity index (χ4n) is 2.89. The number of rotatable bonds is 3. The van der Waals surface area contributed by atoms with Crippen LogP contribution in [0.25, 0.3) is 11.5 Å². The highest BCUT2D eigenvalue weighted by Crippen LogP contribution is 2.39. The summed E-state index contributed by atoms with van der Waals surface area (Å²) < 4.78 is 13.2. The molecule has 2 aliphatic rings. The molecule has 0 radical (unpaired) electrons. The third kappa shape index (κ3) is 2.40. The maximum absolute atomic E-state index is 5.99. The molecule has 0 N–H and O–H groups in total. The fourth-order valence-corrected chi connectivity index (χ4v) is 3.02. The number of hydrogen-bond acceptors (Lipinski definition) is 6. The van der Waals surface area contributed by atoms with E-state index in [1.807, 2.05) is 28.9 Å². The van der Waals surface area contributed by atoms with Gasteiger partial charge >= 0.3 is 0 Å². The van der Waals surface area contributed by atoms with Crippen LogP contribution in [0.15, 0.2) is 28.8 Å². The van der Waals surface area contributed by atoms with Crippen LogP contribution in [0.4, 0.5) is 0 Å². The highest BCUT2D eigenvalue weighted by atomic mass is 35.5. The second kappa shape index (κ2) is 5.39. The van der Waals surface area contributed by atoms with E-state index >= 15 is 0 Å². The average molecular weight is 344 g/mol. The van der Waals surface area contributed by atoms with E-state index in [9.17, 15) is 0 Å². The van der Waals surface area contributed by atoms with E-state index in [4.69, 9.17) is 20.9 Å². The van der Waals surface area contributed by atoms with Gasteiger partial charge in [-0.3, -0.25) is 0 Å². The first-order valence-electron chi connectivity index (χ1n) is 7.91. The Morgan fingerprint density at radius 2 is 2.00 bits per heavy atom. The van der Waals surface area contributed by atoms with Gasteiger partial charge in [0, 0.05) is 10.9 Å². The van der Waals surface area contributed by atoms with Crippen molar-refractivity contribution in [3.05, 3.63) is 46.4 Å². The highest BCUT2D eigenvalue weighted by molar-refractivity contribution is 6.30. The smallest absolute Gasteiger partial charge is 0.230 e. The maximum atomic E-state index is 5.99. The Kier molecular flexibility index (Phi) is 3.17. The summed E-state index contributed by atoms with van der Waals surface area (Å²) in [6, 6.07) is 7.66. The molecule has 0 saturated heterocycles. The van der Waals surface area contributed by atoms with Gasteiger partial charge in [0.05, 0.1) is 18.8 Å². The monoisotopic (exact) mass is 343 g/mol. The summed E-state index contributed by atoms with van der Waals surface area (Å²) in [6.07, 6.45) is 2.16. The Labute approximate surface area is 142 Å². The van der Waals surface area contributed by atoms with Crippen LogP contribution in [0, 0.1) is 0 Å². The summed E-state index contributed by atoms with van der Waals surface area (Å²) in [5.41, 5.74) is 2.58. The molecule has 3 aromatic rings. The zero-order chi connectivity index (χ0) is 16.1. The average Bonchev–Trinajstić information content (AvgIpc) is 3.19. The van der Waals surface area contributed by atoms with Gasteiger partial charge in [-0.25, -0.2) is 4.68 Å². The number of aromatic nitrogens is 5. The third-order valence-electron chi connectivity index (χ3n) is 4.42. The van der Waals surface area contributed by atoms with Crippen LogP contribution in [-0.2, 0) is 17.9 Å². The van der Waals surface area contributed by atoms with Crippen molar-refractivity contribution in [3.63, 3.8) is 0 Å². The van der Waals surface area contributed by atoms with E-state index in [1.54, 1.807) is 0 Å². The first-order chi connectivity index (χ1) is 11.8. The van der Waals surface area contributed by atoms with Gasteiger partial charge in [0.25, 0.3) is 0 Å². The topological polar surface area (TPSA) is 78.9 Å². The number of ether oxygens (including phenoxy) is 1. The predicted molar refractivity (Wildman–Crippen MR) is 84.3 cm³/mol. The molecule has 5 rings (SSSR count). The molecule has 0 bridgehead atoms. The molecular weight excluding hydrogens is 330 g/mol. The molecule has 7 nitrogen and oxygen atoms in total. The lowest BCUT2D eigenvalue weighted by Crippen LogP contribution is -2.22. The number of hydrogen-bond donors (Lipinski definition) is 0. The fraction of sp³-hybridized carbons (Fsp3) is 0.375. The minimum absolute atomic E-state index is 0.0726. The van der Waals surface area contributed by atoms with Crippen molar-refractivity contribution >= 4 is 11.6 Å². The second-order valence-corrected chi connectivity index (χ2v) is 6.58. The van der Waals surface area contributed by atoms with E-state index in [-0.39, 0.29) is 6.10 Å². The molecule has 1 aliphatic heterocycles. The molecule has 1 saturated carbocycles. The van der Waals surface area contributed by atoms with Crippen LogP contribution in [0.5, 0.6) is 0 Å². The van der Waals surface area contributed by atoms with E-state index in [2.05, 4.69) is 20.5 Å². The minimum atomic E-state index is -0.0726. The predicted octanol–water partition coefficient (Wildman–Crippen LogP) is 3.13. The second-order valence-electron chi connectivity index (χ2n) is 6.15. The minimum Gasteiger partial charge on any atom is -0.365 e. The molecule has 0 amide bonds. The normalized spacial score (nSPS) is 20.1. The lowest BCUT2D eigenvalue weighted by molar-refractivity contribution is -0.00111. The largest absolute Gasteiger partial charge is 0.365 e. The summed E-state index contributed by atoms with van der Waals surface area (Å²) in [4.78, 5) is 4.45. The number of halogens is 1. The Morgan fingerprint density at radius 1 is 1.17 bits per heavy atom. The number of nitrogens with zero attached hydrogens (tertiary/aromatic N) is 5. The van der Waals surface area contributed by atoms with Gasteiger partial charge in [-0.05, 0) is 30.5 Å². The van der Waals surface area contributed by atoms with Crippen LogP contribution >= 0.6 is 11.6 Å². The van der Waals surface area contributed by atoms with Gasteiger partial charge in [-0.15, -0.1) is 5.10 Å². The van der Waals surface area contributed by atoms with Gasteiger partial charge in [-0.1, -0.05) is 34.1 Å². The van der Waals surface area contributed by atoms with Gasteiger partial charge in [0.1, 0.15) is 6.10 Å². The zero-order valence-corrected chi connectivity index (χ0v) is 13.5. The van der Waals surface area contributed by atoms with Gasteiger partial charge in [0.15, 0.2) is 5.69 Å². The highest BCUT2D eigenvalue weighted by Gasteiger charge is 2.32. The van der Waals surface area contributed by atoms with Gasteiger partial charge < -0.3 is 9.26 Å². The Morgan fingerprint density at radius 3 is 2.79 bits per heavy atom. The molecule has 1 atom stereocenters. The Hall–Kier alpha value is -2.25. The van der Waals surface area contributed by atoms with Crippen LogP contribution in [-0.4, -0.2) is 25.1 Å². The molecule has 0 spiro atoms. The Bertz CT molecular complexity index is 884. The van der Waals surface area contributed by atoms with Crippen molar-refractivity contribution in [1.82, 2.24) is 25.1 Å². The van der Waals surface area contributed by atoms with Crippen molar-refractivity contribution in [3.8, 4) is 11.5 Å². The van der Waals surface area contributed by atoms with Crippen LogP contribution in [0.2, 0.25) is 5.02 Å². The molecule has 122 valence electrons. The van der Waals surface area contributed by atoms with Crippen LogP contribution < -0.4 is 0 Å². The summed E-state index contributed by atoms with van der Waals surface area (Å²) in [6.45, 7) is 1.00. The first kappa shape index (κ1) is 14.1. The number of fused-ring (bicyclic) bond motifs is 1. The lowest BCUT2D eigenvalue weighted by Gasteiger charge is -2.24. The van der Waals surface area contributed by atoms with Gasteiger partial charge in [-0.2, -0.15) is 4.98 Å². The Balaban J connectivity index is 1.41. The van der Waals surface area contributed by atoms with Crippen molar-refractivity contribution in [1.29, 1.82) is 0 Å². The molecule has 0 unspecified atom stereocenters. The van der Waals surface area contributed by atoms with Crippen LogP contribution in [0.1, 0.15) is 42.0 Å². The molecule has 2 aromatic heterocycles. The van der Waals surface area contributed by atoms with E-state index in [0.29, 0.717) is 41.5 Å². The third-order valence-corrected chi connectivity index (χ3v) is 4.67. The summed E-state index contributed by atoms with van der Waals surface area (Å²) >= 11 is 5.94. The standard InChI is InChI=1S/C16H14ClN5O2/c17-11-5-3-9(4-6-11)13-7-22-12(8-23-13)14(19-21-22)15-18-16(24-20-15)10-1-2-10/h3-6,10,13H,1-2,7-8H2/t13-/m1/s1. The van der Waals surface area contributed by atoms with Crippen molar-refractivity contribution in [2.75, 3.05) is 0 Å². The van der Waals surface area contributed by atoms with Crippen molar-refractivity contribution in [2.45, 2.75) is 38.0 Å². The molecule has 1 fully saturated rings. The van der Waals surface area contributed by atoms with E-state index in [1.165, 1.54) is 0 Å². The molecule has 3 heterocycles. The van der Waals surface area contributed by atoms with Gasteiger partial charge in [0.2, 0.25) is 11.7 Å². The summed E-state index contributed by atoms with van der Waals surface area (Å²) in [7, 11) is 0. The molecule has 1 aliphatic carbocycles. The quantitative estimate of drug-likeness (QED) is 0.727. The van der Waals surface area contributed by atoms with E-state index in [0.717, 1.165) is 24.1 Å². The summed E-state index contributed by atoms with van der Waals surface area (Å²) in [5, 5.41) is 13.2. The van der Waals surface area contributed by atoms with E-state index < -0.39 is 0 Å². The number of benzene rings is 1. The molecule has 8 heteroatoms. The van der Waals surface area contributed by atoms with Crippen molar-refractivity contribution in [2.24, 2.45) is 0 Å².